The predicted octanol–water partition coefficient (Wildman–Crippen LogP) is 3.45. The van der Waals surface area contributed by atoms with E-state index in [2.05, 4.69) is 4.98 Å². The summed E-state index contributed by atoms with van der Waals surface area (Å²) in [6.45, 7) is 1.15. The number of hydrogen-bond donors (Lipinski definition) is 0. The Labute approximate surface area is 134 Å². The lowest BCUT2D eigenvalue weighted by molar-refractivity contribution is 0.0685. The highest BCUT2D eigenvalue weighted by Gasteiger charge is 2.25. The van der Waals surface area contributed by atoms with Crippen molar-refractivity contribution in [1.82, 2.24) is 9.88 Å². The zero-order chi connectivity index (χ0) is 16.2. The minimum absolute atomic E-state index is 0.183. The first-order valence-corrected chi connectivity index (χ1v) is 7.76. The normalized spacial score (nSPS) is 15.7. The Balaban J connectivity index is 1.60. The molecule has 5 heteroatoms. The zero-order valence-corrected chi connectivity index (χ0v) is 12.7. The van der Waals surface area contributed by atoms with Crippen LogP contribution >= 0.6 is 0 Å². The Hall–Kier alpha value is -2.30. The Morgan fingerprint density at radius 2 is 1.83 bits per heavy atom. The van der Waals surface area contributed by atoms with Gasteiger partial charge in [0.2, 0.25) is 0 Å². The molecule has 0 saturated carbocycles. The minimum atomic E-state index is -0.671. The quantitative estimate of drug-likeness (QED) is 0.869. The highest BCUT2D eigenvalue weighted by Crippen LogP contribution is 2.23. The molecule has 2 heterocycles. The van der Waals surface area contributed by atoms with Crippen molar-refractivity contribution < 1.29 is 13.6 Å². The maximum atomic E-state index is 13.7. The molecular weight excluding hydrogens is 298 g/mol. The fourth-order valence-corrected chi connectivity index (χ4v) is 3.02. The zero-order valence-electron chi connectivity index (χ0n) is 12.7. The smallest absolute Gasteiger partial charge is 0.256 e. The molecule has 2 aromatic rings. The number of halogens is 2. The highest BCUT2D eigenvalue weighted by atomic mass is 19.1. The van der Waals surface area contributed by atoms with Gasteiger partial charge < -0.3 is 4.90 Å². The molecule has 0 N–H and O–H groups in total. The molecule has 0 aliphatic carbocycles. The van der Waals surface area contributed by atoms with Crippen molar-refractivity contribution in [3.05, 3.63) is 65.5 Å². The van der Waals surface area contributed by atoms with E-state index in [1.807, 2.05) is 12.1 Å². The van der Waals surface area contributed by atoms with E-state index in [1.54, 1.807) is 17.3 Å². The highest BCUT2D eigenvalue weighted by molar-refractivity contribution is 5.94. The van der Waals surface area contributed by atoms with Crippen LogP contribution in [0.15, 0.2) is 42.7 Å². The topological polar surface area (TPSA) is 33.2 Å². The number of piperidine rings is 1. The number of carbonyl (C=O) groups is 1. The molecule has 1 aromatic carbocycles. The Morgan fingerprint density at radius 1 is 1.13 bits per heavy atom. The van der Waals surface area contributed by atoms with Crippen LogP contribution in [0, 0.1) is 17.6 Å². The molecule has 3 nitrogen and oxygen atoms in total. The summed E-state index contributed by atoms with van der Waals surface area (Å²) in [5.41, 5.74) is 1.05. The first-order chi connectivity index (χ1) is 11.1. The second kappa shape index (κ2) is 6.86. The van der Waals surface area contributed by atoms with Gasteiger partial charge in [-0.3, -0.25) is 9.78 Å². The van der Waals surface area contributed by atoms with Gasteiger partial charge in [0.1, 0.15) is 11.6 Å². The molecule has 3 rings (SSSR count). The number of benzene rings is 1. The second-order valence-electron chi connectivity index (χ2n) is 5.92. The molecule has 1 aliphatic heterocycles. The fourth-order valence-electron chi connectivity index (χ4n) is 3.02. The van der Waals surface area contributed by atoms with E-state index in [9.17, 15) is 13.6 Å². The minimum Gasteiger partial charge on any atom is -0.339 e. The molecule has 1 amide bonds. The number of nitrogens with zero attached hydrogens (tertiary/aromatic N) is 2. The third-order valence-electron chi connectivity index (χ3n) is 4.33. The SMILES string of the molecule is O=C(c1cc(F)ccc1F)N1CCC(Cc2ccncc2)CC1. The van der Waals surface area contributed by atoms with Crippen LogP contribution < -0.4 is 0 Å². The summed E-state index contributed by atoms with van der Waals surface area (Å²) in [4.78, 5) is 18.0. The van der Waals surface area contributed by atoms with Crippen molar-refractivity contribution in [2.45, 2.75) is 19.3 Å². The summed E-state index contributed by atoms with van der Waals surface area (Å²) in [6, 6.07) is 6.99. The maximum absolute atomic E-state index is 13.7. The van der Waals surface area contributed by atoms with Crippen LogP contribution in [0.1, 0.15) is 28.8 Å². The van der Waals surface area contributed by atoms with Gasteiger partial charge >= 0.3 is 0 Å². The van der Waals surface area contributed by atoms with E-state index in [-0.39, 0.29) is 5.56 Å². The summed E-state index contributed by atoms with van der Waals surface area (Å²) in [7, 11) is 0. The van der Waals surface area contributed by atoms with Gasteiger partial charge in [-0.25, -0.2) is 8.78 Å². The molecular formula is C18H18F2N2O. The standard InChI is InChI=1S/C18H18F2N2O/c19-15-1-2-17(20)16(12-15)18(23)22-9-5-14(6-10-22)11-13-3-7-21-8-4-13/h1-4,7-8,12,14H,5-6,9-11H2. The number of hydrogen-bond acceptors (Lipinski definition) is 2. The van der Waals surface area contributed by atoms with E-state index >= 15 is 0 Å². The first kappa shape index (κ1) is 15.6. The second-order valence-corrected chi connectivity index (χ2v) is 5.92. The molecule has 0 bridgehead atoms. The monoisotopic (exact) mass is 316 g/mol. The summed E-state index contributed by atoms with van der Waals surface area (Å²) in [5, 5.41) is 0. The number of carbonyl (C=O) groups excluding carboxylic acids is 1. The lowest BCUT2D eigenvalue weighted by atomic mass is 9.90. The van der Waals surface area contributed by atoms with Crippen molar-refractivity contribution in [3.8, 4) is 0 Å². The fraction of sp³-hybridized carbons (Fsp3) is 0.333. The lowest BCUT2D eigenvalue weighted by Gasteiger charge is -2.32. The Morgan fingerprint density at radius 3 is 2.52 bits per heavy atom. The summed E-state index contributed by atoms with van der Waals surface area (Å²) in [5.74, 6) is -1.19. The van der Waals surface area contributed by atoms with Gasteiger partial charge in [0.05, 0.1) is 5.56 Å². The van der Waals surface area contributed by atoms with Gasteiger partial charge in [0, 0.05) is 25.5 Å². The van der Waals surface area contributed by atoms with Gasteiger partial charge in [0.15, 0.2) is 0 Å². The number of pyridine rings is 1. The third kappa shape index (κ3) is 3.73. The van der Waals surface area contributed by atoms with Crippen molar-refractivity contribution in [3.63, 3.8) is 0 Å². The van der Waals surface area contributed by atoms with Gasteiger partial charge in [-0.2, -0.15) is 0 Å². The molecule has 0 unspecified atom stereocenters. The Kier molecular flexibility index (Phi) is 4.65. The maximum Gasteiger partial charge on any atom is 0.256 e. The van der Waals surface area contributed by atoms with Crippen molar-refractivity contribution in [2.24, 2.45) is 5.92 Å². The van der Waals surface area contributed by atoms with E-state index in [0.717, 1.165) is 37.5 Å². The Bertz CT molecular complexity index is 683. The van der Waals surface area contributed by atoms with E-state index < -0.39 is 17.5 Å². The third-order valence-corrected chi connectivity index (χ3v) is 4.33. The summed E-state index contributed by atoms with van der Waals surface area (Å²) in [6.07, 6.45) is 6.25. The van der Waals surface area contributed by atoms with E-state index in [0.29, 0.717) is 19.0 Å². The molecule has 0 radical (unpaired) electrons. The average molecular weight is 316 g/mol. The van der Waals surface area contributed by atoms with Crippen molar-refractivity contribution >= 4 is 5.91 Å². The molecule has 0 spiro atoms. The lowest BCUT2D eigenvalue weighted by Crippen LogP contribution is -2.39. The summed E-state index contributed by atoms with van der Waals surface area (Å²) < 4.78 is 27.0. The van der Waals surface area contributed by atoms with Gasteiger partial charge in [-0.1, -0.05) is 0 Å². The van der Waals surface area contributed by atoms with Gasteiger partial charge in [-0.05, 0) is 61.1 Å². The van der Waals surface area contributed by atoms with Crippen LogP contribution in [-0.4, -0.2) is 28.9 Å². The molecule has 120 valence electrons. The van der Waals surface area contributed by atoms with E-state index in [1.165, 1.54) is 5.56 Å². The molecule has 1 aromatic heterocycles. The first-order valence-electron chi connectivity index (χ1n) is 7.76. The van der Waals surface area contributed by atoms with Crippen LogP contribution in [0.3, 0.4) is 0 Å². The van der Waals surface area contributed by atoms with Crippen LogP contribution in [0.5, 0.6) is 0 Å². The number of likely N-dealkylation sites (tertiary alicyclic amines) is 1. The van der Waals surface area contributed by atoms with Crippen molar-refractivity contribution in [1.29, 1.82) is 0 Å². The molecule has 0 atom stereocenters. The van der Waals surface area contributed by atoms with Crippen LogP contribution in [-0.2, 0) is 6.42 Å². The van der Waals surface area contributed by atoms with Crippen LogP contribution in [0.4, 0.5) is 8.78 Å². The van der Waals surface area contributed by atoms with Crippen LogP contribution in [0.2, 0.25) is 0 Å². The number of amides is 1. The number of rotatable bonds is 3. The molecule has 1 saturated heterocycles. The van der Waals surface area contributed by atoms with Gasteiger partial charge in [-0.15, -0.1) is 0 Å². The van der Waals surface area contributed by atoms with Crippen molar-refractivity contribution in [2.75, 3.05) is 13.1 Å². The molecule has 1 aliphatic rings. The molecule has 1 fully saturated rings. The summed E-state index contributed by atoms with van der Waals surface area (Å²) >= 11 is 0. The van der Waals surface area contributed by atoms with Gasteiger partial charge in [0.25, 0.3) is 5.91 Å². The molecule has 23 heavy (non-hydrogen) atoms. The number of aromatic nitrogens is 1. The van der Waals surface area contributed by atoms with E-state index in [4.69, 9.17) is 0 Å². The largest absolute Gasteiger partial charge is 0.339 e. The average Bonchev–Trinajstić information content (AvgIpc) is 2.58. The van der Waals surface area contributed by atoms with Crippen LogP contribution in [0.25, 0.3) is 0 Å². The predicted molar refractivity (Wildman–Crippen MR) is 82.9 cm³/mol.